The Balaban J connectivity index is 1.52. The molecule has 4 rings (SSSR count). The number of sulfone groups is 1. The van der Waals surface area contributed by atoms with Crippen molar-refractivity contribution in [3.05, 3.63) is 65.2 Å². The maximum absolute atomic E-state index is 13.0. The van der Waals surface area contributed by atoms with Gasteiger partial charge in [-0.05, 0) is 48.9 Å². The molecular weight excluding hydrogens is 378 g/mol. The van der Waals surface area contributed by atoms with Crippen LogP contribution in [0.2, 0.25) is 0 Å². The van der Waals surface area contributed by atoms with Crippen molar-refractivity contribution in [2.24, 2.45) is 0 Å². The molecule has 2 aromatic carbocycles. The number of rotatable bonds is 4. The van der Waals surface area contributed by atoms with E-state index in [4.69, 9.17) is 0 Å². The van der Waals surface area contributed by atoms with E-state index in [1.165, 1.54) is 22.9 Å². The minimum Gasteiger partial charge on any atom is -0.345 e. The molecule has 0 saturated carbocycles. The first-order valence-electron chi connectivity index (χ1n) is 9.36. The van der Waals surface area contributed by atoms with E-state index in [0.717, 1.165) is 24.2 Å². The smallest absolute Gasteiger partial charge is 0.252 e. The van der Waals surface area contributed by atoms with Gasteiger partial charge in [-0.3, -0.25) is 4.79 Å². The van der Waals surface area contributed by atoms with Gasteiger partial charge in [-0.25, -0.2) is 8.42 Å². The molecule has 1 N–H and O–H groups in total. The lowest BCUT2D eigenvalue weighted by molar-refractivity contribution is 0.0930. The van der Waals surface area contributed by atoms with Crippen LogP contribution in [-0.2, 0) is 16.3 Å². The molecule has 6 heteroatoms. The third-order valence-electron chi connectivity index (χ3n) is 5.29. The van der Waals surface area contributed by atoms with Crippen LogP contribution in [0, 0.1) is 0 Å². The predicted molar refractivity (Wildman–Crippen MR) is 109 cm³/mol. The zero-order chi connectivity index (χ0) is 18.9. The van der Waals surface area contributed by atoms with E-state index in [0.29, 0.717) is 12.0 Å². The van der Waals surface area contributed by atoms with Crippen LogP contribution in [-0.4, -0.2) is 31.1 Å². The van der Waals surface area contributed by atoms with Gasteiger partial charge in [0, 0.05) is 10.1 Å². The van der Waals surface area contributed by atoms with Crippen LogP contribution in [0.5, 0.6) is 0 Å². The van der Waals surface area contributed by atoms with Crippen molar-refractivity contribution < 1.29 is 13.2 Å². The number of nitrogens with one attached hydrogen (secondary N) is 1. The number of amides is 1. The largest absolute Gasteiger partial charge is 0.345 e. The van der Waals surface area contributed by atoms with Crippen molar-refractivity contribution in [2.45, 2.75) is 41.9 Å². The quantitative estimate of drug-likeness (QED) is 0.847. The van der Waals surface area contributed by atoms with Gasteiger partial charge in [-0.15, -0.1) is 11.8 Å². The number of benzene rings is 2. The van der Waals surface area contributed by atoms with E-state index in [1.54, 1.807) is 0 Å². The first-order chi connectivity index (χ1) is 13.0. The fraction of sp³-hybridized carbons (Fsp3) is 0.381. The Labute approximate surface area is 164 Å². The summed E-state index contributed by atoms with van der Waals surface area (Å²) in [6, 6.07) is 15.8. The maximum Gasteiger partial charge on any atom is 0.252 e. The summed E-state index contributed by atoms with van der Waals surface area (Å²) in [7, 11) is -2.93. The van der Waals surface area contributed by atoms with Crippen LogP contribution in [0.3, 0.4) is 0 Å². The van der Waals surface area contributed by atoms with E-state index >= 15 is 0 Å². The lowest BCUT2D eigenvalue weighted by Crippen LogP contribution is -2.31. The highest BCUT2D eigenvalue weighted by Crippen LogP contribution is 2.34. The molecule has 2 aliphatic rings. The SMILES string of the molecule is O=C(N[C@H]1CCCc2ccccc21)c1ccccc1S[C@@H]1CCS(=O)(=O)C1. The predicted octanol–water partition coefficient (Wildman–Crippen LogP) is 3.77. The number of aryl methyl sites for hydroxylation is 1. The fourth-order valence-corrected chi connectivity index (χ4v) is 7.56. The minimum atomic E-state index is -2.93. The van der Waals surface area contributed by atoms with Gasteiger partial charge in [0.15, 0.2) is 9.84 Å². The zero-order valence-corrected chi connectivity index (χ0v) is 16.7. The highest BCUT2D eigenvalue weighted by atomic mass is 32.2. The number of carbonyl (C=O) groups is 1. The highest BCUT2D eigenvalue weighted by Gasteiger charge is 2.30. The van der Waals surface area contributed by atoms with Crippen molar-refractivity contribution in [3.8, 4) is 0 Å². The Kier molecular flexibility index (Phi) is 5.28. The van der Waals surface area contributed by atoms with Gasteiger partial charge >= 0.3 is 0 Å². The average molecular weight is 402 g/mol. The Bertz CT molecular complexity index is 955. The lowest BCUT2D eigenvalue weighted by Gasteiger charge is -2.26. The molecule has 0 aromatic heterocycles. The summed E-state index contributed by atoms with van der Waals surface area (Å²) < 4.78 is 23.5. The summed E-state index contributed by atoms with van der Waals surface area (Å²) in [6.07, 6.45) is 3.72. The average Bonchev–Trinajstić information content (AvgIpc) is 3.01. The Morgan fingerprint density at radius 1 is 1.04 bits per heavy atom. The van der Waals surface area contributed by atoms with Gasteiger partial charge in [0.2, 0.25) is 0 Å². The molecular formula is C21H23NO3S2. The van der Waals surface area contributed by atoms with Crippen LogP contribution >= 0.6 is 11.8 Å². The zero-order valence-electron chi connectivity index (χ0n) is 15.1. The minimum absolute atomic E-state index is 0.0272. The molecule has 4 nitrogen and oxygen atoms in total. The standard InChI is InChI=1S/C21H23NO3S2/c23-21(22-19-10-5-7-15-6-1-2-8-17(15)19)18-9-3-4-11-20(18)26-16-12-13-27(24,25)14-16/h1-4,6,8-9,11,16,19H,5,7,10,12-14H2,(H,22,23)/t16-,19+/m1/s1. The summed E-state index contributed by atoms with van der Waals surface area (Å²) >= 11 is 1.52. The van der Waals surface area contributed by atoms with E-state index in [2.05, 4.69) is 17.4 Å². The second-order valence-corrected chi connectivity index (χ2v) is 10.8. The van der Waals surface area contributed by atoms with E-state index < -0.39 is 9.84 Å². The molecule has 142 valence electrons. The third kappa shape index (κ3) is 4.22. The highest BCUT2D eigenvalue weighted by molar-refractivity contribution is 8.02. The molecule has 1 fully saturated rings. The molecule has 1 heterocycles. The molecule has 0 bridgehead atoms. The maximum atomic E-state index is 13.0. The van der Waals surface area contributed by atoms with Crippen LogP contribution in [0.4, 0.5) is 0 Å². The number of hydrogen-bond acceptors (Lipinski definition) is 4. The van der Waals surface area contributed by atoms with Gasteiger partial charge in [-0.2, -0.15) is 0 Å². The van der Waals surface area contributed by atoms with Crippen LogP contribution in [0.15, 0.2) is 53.4 Å². The van der Waals surface area contributed by atoms with E-state index in [1.807, 2.05) is 36.4 Å². The molecule has 0 radical (unpaired) electrons. The van der Waals surface area contributed by atoms with E-state index in [9.17, 15) is 13.2 Å². The van der Waals surface area contributed by atoms with Gasteiger partial charge in [0.05, 0.1) is 23.1 Å². The number of thioether (sulfide) groups is 1. The van der Waals surface area contributed by atoms with Crippen molar-refractivity contribution >= 4 is 27.5 Å². The first kappa shape index (κ1) is 18.6. The van der Waals surface area contributed by atoms with Crippen LogP contribution in [0.1, 0.15) is 46.8 Å². The third-order valence-corrected chi connectivity index (χ3v) is 8.62. The van der Waals surface area contributed by atoms with Gasteiger partial charge in [0.25, 0.3) is 5.91 Å². The molecule has 2 aromatic rings. The van der Waals surface area contributed by atoms with Crippen molar-refractivity contribution in [2.75, 3.05) is 11.5 Å². The Morgan fingerprint density at radius 2 is 1.81 bits per heavy atom. The summed E-state index contributed by atoms with van der Waals surface area (Å²) in [5.74, 6) is 0.363. The van der Waals surface area contributed by atoms with Crippen molar-refractivity contribution in [1.82, 2.24) is 5.32 Å². The number of hydrogen-bond donors (Lipinski definition) is 1. The molecule has 2 atom stereocenters. The van der Waals surface area contributed by atoms with Crippen LogP contribution in [0.25, 0.3) is 0 Å². The molecule has 1 amide bonds. The molecule has 1 aliphatic heterocycles. The Morgan fingerprint density at radius 3 is 2.63 bits per heavy atom. The second kappa shape index (κ2) is 7.68. The molecule has 0 unspecified atom stereocenters. The summed E-state index contributed by atoms with van der Waals surface area (Å²) in [4.78, 5) is 13.9. The molecule has 1 aliphatic carbocycles. The summed E-state index contributed by atoms with van der Waals surface area (Å²) in [6.45, 7) is 0. The van der Waals surface area contributed by atoms with Gasteiger partial charge in [-0.1, -0.05) is 36.4 Å². The topological polar surface area (TPSA) is 63.2 Å². The number of fused-ring (bicyclic) bond motifs is 1. The summed E-state index contributed by atoms with van der Waals surface area (Å²) in [5, 5.41) is 3.23. The van der Waals surface area contributed by atoms with Crippen molar-refractivity contribution in [3.63, 3.8) is 0 Å². The fourth-order valence-electron chi connectivity index (χ4n) is 3.93. The van der Waals surface area contributed by atoms with E-state index in [-0.39, 0.29) is 28.7 Å². The molecule has 27 heavy (non-hydrogen) atoms. The van der Waals surface area contributed by atoms with Gasteiger partial charge in [0.1, 0.15) is 0 Å². The molecule has 1 saturated heterocycles. The van der Waals surface area contributed by atoms with Crippen LogP contribution < -0.4 is 5.32 Å². The van der Waals surface area contributed by atoms with Gasteiger partial charge < -0.3 is 5.32 Å². The Hall–Kier alpha value is -1.79. The first-order valence-corrected chi connectivity index (χ1v) is 12.1. The normalized spacial score (nSPS) is 23.6. The monoisotopic (exact) mass is 401 g/mol. The van der Waals surface area contributed by atoms with Crippen molar-refractivity contribution in [1.29, 1.82) is 0 Å². The second-order valence-electron chi connectivity index (χ2n) is 7.26. The summed E-state index contributed by atoms with van der Waals surface area (Å²) in [5.41, 5.74) is 3.16. The molecule has 0 spiro atoms. The number of carbonyl (C=O) groups excluding carboxylic acids is 1. The lowest BCUT2D eigenvalue weighted by atomic mass is 9.87.